The van der Waals surface area contributed by atoms with Crippen LogP contribution in [0.15, 0.2) is 41.1 Å². The van der Waals surface area contributed by atoms with Gasteiger partial charge in [-0.25, -0.2) is 4.39 Å². The first-order valence-electron chi connectivity index (χ1n) is 6.91. The molecule has 0 aliphatic carbocycles. The summed E-state index contributed by atoms with van der Waals surface area (Å²) >= 11 is 3.41. The number of benzene rings is 1. The van der Waals surface area contributed by atoms with Crippen LogP contribution in [0.3, 0.4) is 0 Å². The van der Waals surface area contributed by atoms with Gasteiger partial charge >= 0.3 is 0 Å². The zero-order valence-electron chi connectivity index (χ0n) is 11.9. The Morgan fingerprint density at radius 1 is 1.35 bits per heavy atom. The largest absolute Gasteiger partial charge is 0.350 e. The Kier molecular flexibility index (Phi) is 5.38. The van der Waals surface area contributed by atoms with Crippen molar-refractivity contribution in [2.75, 3.05) is 7.05 Å². The molecule has 2 rings (SSSR count). The molecule has 0 aliphatic heterocycles. The van der Waals surface area contributed by atoms with E-state index < -0.39 is 0 Å². The van der Waals surface area contributed by atoms with E-state index in [2.05, 4.69) is 51.2 Å². The second kappa shape index (κ2) is 7.04. The van der Waals surface area contributed by atoms with Gasteiger partial charge in [0.2, 0.25) is 0 Å². The normalized spacial score (nSPS) is 12.6. The van der Waals surface area contributed by atoms with E-state index >= 15 is 0 Å². The monoisotopic (exact) mass is 338 g/mol. The predicted molar refractivity (Wildman–Crippen MR) is 84.3 cm³/mol. The van der Waals surface area contributed by atoms with Gasteiger partial charge in [0, 0.05) is 29.5 Å². The van der Waals surface area contributed by atoms with Crippen LogP contribution in [-0.4, -0.2) is 11.6 Å². The van der Waals surface area contributed by atoms with E-state index in [1.165, 1.54) is 17.7 Å². The van der Waals surface area contributed by atoms with Crippen LogP contribution in [0.5, 0.6) is 0 Å². The zero-order valence-corrected chi connectivity index (χ0v) is 13.5. The van der Waals surface area contributed by atoms with E-state index in [9.17, 15) is 4.39 Å². The summed E-state index contributed by atoms with van der Waals surface area (Å²) in [6.45, 7) is 2.93. The van der Waals surface area contributed by atoms with Crippen LogP contribution in [0.25, 0.3) is 0 Å². The lowest BCUT2D eigenvalue weighted by molar-refractivity contribution is 0.540. The lowest BCUT2D eigenvalue weighted by Crippen LogP contribution is -2.15. The highest BCUT2D eigenvalue weighted by molar-refractivity contribution is 9.10. The van der Waals surface area contributed by atoms with Crippen LogP contribution in [0, 0.1) is 5.82 Å². The molecule has 0 radical (unpaired) electrons. The first-order chi connectivity index (χ1) is 9.63. The van der Waals surface area contributed by atoms with Gasteiger partial charge < -0.3 is 9.88 Å². The highest BCUT2D eigenvalue weighted by Gasteiger charge is 2.10. The Morgan fingerprint density at radius 3 is 2.80 bits per heavy atom. The van der Waals surface area contributed by atoms with Crippen LogP contribution in [0.1, 0.15) is 36.9 Å². The van der Waals surface area contributed by atoms with Crippen LogP contribution in [0.4, 0.5) is 4.39 Å². The maximum Gasteiger partial charge on any atom is 0.124 e. The molecule has 4 heteroatoms. The first-order valence-corrected chi connectivity index (χ1v) is 7.70. The van der Waals surface area contributed by atoms with Crippen LogP contribution in [-0.2, 0) is 6.54 Å². The van der Waals surface area contributed by atoms with E-state index in [4.69, 9.17) is 0 Å². The van der Waals surface area contributed by atoms with Gasteiger partial charge in [-0.2, -0.15) is 0 Å². The summed E-state index contributed by atoms with van der Waals surface area (Å²) in [6.07, 6.45) is 6.51. The van der Waals surface area contributed by atoms with E-state index in [-0.39, 0.29) is 5.82 Å². The number of hydrogen-bond acceptors (Lipinski definition) is 1. The molecule has 20 heavy (non-hydrogen) atoms. The Bertz CT molecular complexity index is 565. The topological polar surface area (TPSA) is 17.0 Å². The molecule has 1 unspecified atom stereocenters. The second-order valence-corrected chi connectivity index (χ2v) is 5.84. The Labute approximate surface area is 128 Å². The maximum absolute atomic E-state index is 13.1. The minimum Gasteiger partial charge on any atom is -0.350 e. The third-order valence-corrected chi connectivity index (χ3v) is 4.21. The van der Waals surface area contributed by atoms with Crippen molar-refractivity contribution in [1.29, 1.82) is 0 Å². The molecule has 1 N–H and O–H groups in total. The predicted octanol–water partition coefficient (Wildman–Crippen LogP) is 4.50. The van der Waals surface area contributed by atoms with Gasteiger partial charge in [0.05, 0.1) is 0 Å². The van der Waals surface area contributed by atoms with E-state index in [1.54, 1.807) is 0 Å². The number of nitrogens with zero attached hydrogens (tertiary/aromatic N) is 1. The van der Waals surface area contributed by atoms with Crippen molar-refractivity contribution in [3.8, 4) is 0 Å². The summed E-state index contributed by atoms with van der Waals surface area (Å²) in [5.74, 6) is -0.216. The Hall–Kier alpha value is -1.13. The lowest BCUT2D eigenvalue weighted by atomic mass is 10.1. The van der Waals surface area contributed by atoms with Crippen LogP contribution in [0.2, 0.25) is 0 Å². The van der Waals surface area contributed by atoms with Gasteiger partial charge in [-0.05, 0) is 42.8 Å². The number of nitrogens with one attached hydrogen (secondary N) is 1. The van der Waals surface area contributed by atoms with Crippen molar-refractivity contribution in [2.45, 2.75) is 32.4 Å². The minimum atomic E-state index is -0.216. The third kappa shape index (κ3) is 3.70. The van der Waals surface area contributed by atoms with E-state index in [0.29, 0.717) is 6.04 Å². The molecule has 2 aromatic rings. The van der Waals surface area contributed by atoms with E-state index in [0.717, 1.165) is 29.4 Å². The zero-order chi connectivity index (χ0) is 14.5. The van der Waals surface area contributed by atoms with Crippen molar-refractivity contribution in [2.24, 2.45) is 0 Å². The summed E-state index contributed by atoms with van der Waals surface area (Å²) in [6, 6.07) is 7.37. The summed E-state index contributed by atoms with van der Waals surface area (Å²) in [5, 5.41) is 3.34. The van der Waals surface area contributed by atoms with Crippen molar-refractivity contribution in [3.63, 3.8) is 0 Å². The molecular weight excluding hydrogens is 319 g/mol. The fourth-order valence-electron chi connectivity index (χ4n) is 2.38. The summed E-state index contributed by atoms with van der Waals surface area (Å²) < 4.78 is 16.0. The van der Waals surface area contributed by atoms with Crippen molar-refractivity contribution in [3.05, 3.63) is 58.1 Å². The molecule has 2 nitrogen and oxygen atoms in total. The quantitative estimate of drug-likeness (QED) is 0.820. The average Bonchev–Trinajstić information content (AvgIpc) is 2.87. The number of hydrogen-bond donors (Lipinski definition) is 1. The molecule has 0 spiro atoms. The molecule has 0 aliphatic rings. The first kappa shape index (κ1) is 15.3. The highest BCUT2D eigenvalue weighted by atomic mass is 79.9. The number of rotatable bonds is 6. The molecule has 0 bridgehead atoms. The van der Waals surface area contributed by atoms with Crippen LogP contribution >= 0.6 is 15.9 Å². The van der Waals surface area contributed by atoms with E-state index in [1.807, 2.05) is 13.1 Å². The van der Waals surface area contributed by atoms with Crippen molar-refractivity contribution < 1.29 is 4.39 Å². The van der Waals surface area contributed by atoms with Gasteiger partial charge in [-0.3, -0.25) is 0 Å². The maximum atomic E-state index is 13.1. The summed E-state index contributed by atoms with van der Waals surface area (Å²) in [5.41, 5.74) is 2.37. The lowest BCUT2D eigenvalue weighted by Gasteiger charge is -2.13. The molecule has 0 amide bonds. The second-order valence-electron chi connectivity index (χ2n) is 4.98. The molecule has 1 aromatic carbocycles. The molecule has 108 valence electrons. The van der Waals surface area contributed by atoms with Gasteiger partial charge in [0.25, 0.3) is 0 Å². The SMILES string of the molecule is CCCC(NC)c1ccn(Cc2ccc(F)cc2Br)c1. The average molecular weight is 339 g/mol. The molecule has 1 heterocycles. The summed E-state index contributed by atoms with van der Waals surface area (Å²) in [7, 11) is 1.99. The fourth-order valence-corrected chi connectivity index (χ4v) is 2.85. The minimum absolute atomic E-state index is 0.216. The Morgan fingerprint density at radius 2 is 2.15 bits per heavy atom. The molecular formula is C16H20BrFN2. The standard InChI is InChI=1S/C16H20BrFN2/c1-3-4-16(19-2)13-7-8-20(11-13)10-12-5-6-14(18)9-15(12)17/h5-9,11,16,19H,3-4,10H2,1-2H3. The molecule has 1 aromatic heterocycles. The van der Waals surface area contributed by atoms with Gasteiger partial charge in [-0.15, -0.1) is 0 Å². The van der Waals surface area contributed by atoms with Gasteiger partial charge in [0.15, 0.2) is 0 Å². The number of halogens is 2. The molecule has 1 atom stereocenters. The highest BCUT2D eigenvalue weighted by Crippen LogP contribution is 2.22. The number of aromatic nitrogens is 1. The third-order valence-electron chi connectivity index (χ3n) is 3.47. The van der Waals surface area contributed by atoms with Crippen LogP contribution < -0.4 is 5.32 Å². The summed E-state index contributed by atoms with van der Waals surface area (Å²) in [4.78, 5) is 0. The van der Waals surface area contributed by atoms with Gasteiger partial charge in [-0.1, -0.05) is 35.3 Å². The fraction of sp³-hybridized carbons (Fsp3) is 0.375. The van der Waals surface area contributed by atoms with Crippen molar-refractivity contribution in [1.82, 2.24) is 9.88 Å². The van der Waals surface area contributed by atoms with Gasteiger partial charge in [0.1, 0.15) is 5.82 Å². The van der Waals surface area contributed by atoms with Crippen molar-refractivity contribution >= 4 is 15.9 Å². The Balaban J connectivity index is 2.12. The smallest absolute Gasteiger partial charge is 0.124 e. The molecule has 0 saturated carbocycles. The molecule has 0 saturated heterocycles. The molecule has 0 fully saturated rings.